The van der Waals surface area contributed by atoms with Gasteiger partial charge in [-0.15, -0.1) is 0 Å². The molecule has 0 atom stereocenters. The van der Waals surface area contributed by atoms with Crippen LogP contribution in [0.5, 0.6) is 0 Å². The molecule has 0 aliphatic rings. The summed E-state index contributed by atoms with van der Waals surface area (Å²) in [5.41, 5.74) is 1.14. The molecule has 0 bridgehead atoms. The van der Waals surface area contributed by atoms with Gasteiger partial charge in [0.25, 0.3) is 5.56 Å². The van der Waals surface area contributed by atoms with E-state index in [9.17, 15) is 9.59 Å². The number of hydrogen-bond acceptors (Lipinski definition) is 5. The lowest BCUT2D eigenvalue weighted by atomic mass is 10.1. The number of aryl methyl sites for hydroxylation is 2. The zero-order valence-corrected chi connectivity index (χ0v) is 16.6. The minimum Gasteiger partial charge on any atom is -0.411 e. The lowest BCUT2D eigenvalue weighted by molar-refractivity contribution is 0.317. The van der Waals surface area contributed by atoms with Crippen LogP contribution in [-0.4, -0.2) is 29.6 Å². The molecular formula is C19H31N5O3. The summed E-state index contributed by atoms with van der Waals surface area (Å²) >= 11 is 0. The summed E-state index contributed by atoms with van der Waals surface area (Å²) in [6.07, 6.45) is 11.1. The number of hydrogen-bond donors (Lipinski definition) is 1. The Morgan fingerprint density at radius 2 is 1.63 bits per heavy atom. The number of oxime groups is 1. The van der Waals surface area contributed by atoms with Gasteiger partial charge in [0.15, 0.2) is 11.2 Å². The van der Waals surface area contributed by atoms with Crippen molar-refractivity contribution in [3.63, 3.8) is 0 Å². The number of rotatable bonds is 11. The average Bonchev–Trinajstić information content (AvgIpc) is 3.05. The fraction of sp³-hybridized carbons (Fsp3) is 0.684. The second-order valence-corrected chi connectivity index (χ2v) is 7.24. The molecule has 0 fully saturated rings. The molecule has 2 rings (SSSR count). The highest BCUT2D eigenvalue weighted by molar-refractivity contribution is 5.81. The molecule has 0 radical (unpaired) electrons. The van der Waals surface area contributed by atoms with Gasteiger partial charge in [-0.2, -0.15) is 0 Å². The van der Waals surface area contributed by atoms with Crippen molar-refractivity contribution in [3.05, 3.63) is 27.2 Å². The van der Waals surface area contributed by atoms with Gasteiger partial charge in [0, 0.05) is 20.6 Å². The highest BCUT2D eigenvalue weighted by atomic mass is 16.4. The first kappa shape index (κ1) is 20.9. The first-order valence-corrected chi connectivity index (χ1v) is 9.75. The Bertz CT molecular complexity index is 891. The van der Waals surface area contributed by atoms with E-state index in [0.29, 0.717) is 17.7 Å². The van der Waals surface area contributed by atoms with E-state index >= 15 is 0 Å². The van der Waals surface area contributed by atoms with E-state index in [1.807, 2.05) is 6.92 Å². The lowest BCUT2D eigenvalue weighted by Gasteiger charge is -2.08. The molecule has 8 nitrogen and oxygen atoms in total. The van der Waals surface area contributed by atoms with Gasteiger partial charge < -0.3 is 9.77 Å². The summed E-state index contributed by atoms with van der Waals surface area (Å²) in [6, 6.07) is 0. The summed E-state index contributed by atoms with van der Waals surface area (Å²) in [6.45, 7) is 2.29. The van der Waals surface area contributed by atoms with Crippen LogP contribution in [0.2, 0.25) is 0 Å². The summed E-state index contributed by atoms with van der Waals surface area (Å²) in [5, 5.41) is 11.8. The Morgan fingerprint density at radius 1 is 1.04 bits per heavy atom. The Balaban J connectivity index is 1.73. The maximum Gasteiger partial charge on any atom is 0.332 e. The number of fused-ring (bicyclic) bond motifs is 1. The quantitative estimate of drug-likeness (QED) is 0.282. The molecule has 150 valence electrons. The third kappa shape index (κ3) is 5.30. The Morgan fingerprint density at radius 3 is 2.26 bits per heavy atom. The van der Waals surface area contributed by atoms with E-state index < -0.39 is 0 Å². The van der Waals surface area contributed by atoms with Crippen LogP contribution in [0.25, 0.3) is 11.2 Å². The van der Waals surface area contributed by atoms with Crippen molar-refractivity contribution in [3.8, 4) is 0 Å². The van der Waals surface area contributed by atoms with Gasteiger partial charge in [-0.1, -0.05) is 43.7 Å². The first-order valence-electron chi connectivity index (χ1n) is 9.75. The number of aromatic nitrogens is 4. The molecule has 2 heterocycles. The average molecular weight is 377 g/mol. The molecule has 0 aliphatic carbocycles. The molecule has 0 spiro atoms. The largest absolute Gasteiger partial charge is 0.411 e. The van der Waals surface area contributed by atoms with Crippen LogP contribution in [0.4, 0.5) is 0 Å². The third-order valence-corrected chi connectivity index (χ3v) is 5.04. The van der Waals surface area contributed by atoms with Crippen LogP contribution < -0.4 is 11.2 Å². The topological polar surface area (TPSA) is 94.4 Å². The van der Waals surface area contributed by atoms with E-state index in [-0.39, 0.29) is 11.2 Å². The van der Waals surface area contributed by atoms with Crippen molar-refractivity contribution in [1.29, 1.82) is 0 Å². The lowest BCUT2D eigenvalue weighted by Crippen LogP contribution is -2.39. The molecule has 2 aromatic rings. The summed E-state index contributed by atoms with van der Waals surface area (Å²) in [7, 11) is 3.42. The smallest absolute Gasteiger partial charge is 0.332 e. The van der Waals surface area contributed by atoms with Crippen LogP contribution in [-0.2, 0) is 20.6 Å². The molecule has 0 amide bonds. The van der Waals surface area contributed by atoms with E-state index in [1.165, 1.54) is 28.4 Å². The zero-order valence-electron chi connectivity index (χ0n) is 16.6. The van der Waals surface area contributed by atoms with Crippen LogP contribution in [0.1, 0.15) is 64.7 Å². The maximum absolute atomic E-state index is 12.6. The van der Waals surface area contributed by atoms with Crippen molar-refractivity contribution >= 4 is 16.9 Å². The van der Waals surface area contributed by atoms with Gasteiger partial charge >= 0.3 is 5.69 Å². The van der Waals surface area contributed by atoms with Crippen LogP contribution >= 0.6 is 0 Å². The predicted octanol–water partition coefficient (Wildman–Crippen LogP) is 2.79. The van der Waals surface area contributed by atoms with Crippen molar-refractivity contribution < 1.29 is 5.21 Å². The molecule has 8 heteroatoms. The van der Waals surface area contributed by atoms with Gasteiger partial charge in [0.2, 0.25) is 0 Å². The van der Waals surface area contributed by atoms with E-state index in [2.05, 4.69) is 10.1 Å². The molecular weight excluding hydrogens is 346 g/mol. The Labute approximate surface area is 159 Å². The first-order chi connectivity index (χ1) is 13.0. The standard InChI is InChI=1S/C19H31N5O3/c1-15(21-27)12-10-8-6-4-5-7-9-11-13-24-18(25)16-17(20-14-22(16)2)23(3)19(24)26/h14,27H,4-13H2,1-3H3/b21-15+. The van der Waals surface area contributed by atoms with Crippen LogP contribution in [0, 0.1) is 0 Å². The molecule has 0 saturated heterocycles. The Kier molecular flexibility index (Phi) is 7.82. The van der Waals surface area contributed by atoms with Crippen molar-refractivity contribution in [2.45, 2.75) is 71.3 Å². The van der Waals surface area contributed by atoms with Gasteiger partial charge in [0.05, 0.1) is 12.0 Å². The molecule has 27 heavy (non-hydrogen) atoms. The van der Waals surface area contributed by atoms with Crippen molar-refractivity contribution in [2.75, 3.05) is 0 Å². The molecule has 1 N–H and O–H groups in total. The summed E-state index contributed by atoms with van der Waals surface area (Å²) < 4.78 is 4.44. The predicted molar refractivity (Wildman–Crippen MR) is 107 cm³/mol. The van der Waals surface area contributed by atoms with Gasteiger partial charge in [0.1, 0.15) is 0 Å². The van der Waals surface area contributed by atoms with E-state index in [0.717, 1.165) is 44.2 Å². The normalized spacial score (nSPS) is 12.2. The van der Waals surface area contributed by atoms with Crippen LogP contribution in [0.15, 0.2) is 21.1 Å². The van der Waals surface area contributed by atoms with Crippen LogP contribution in [0.3, 0.4) is 0 Å². The molecule has 0 aliphatic heterocycles. The highest BCUT2D eigenvalue weighted by Crippen LogP contribution is 2.10. The monoisotopic (exact) mass is 377 g/mol. The minimum atomic E-state index is -0.298. The molecule has 2 aromatic heterocycles. The second kappa shape index (κ2) is 10.1. The molecule has 0 saturated carbocycles. The summed E-state index contributed by atoms with van der Waals surface area (Å²) in [4.78, 5) is 29.1. The number of nitrogens with zero attached hydrogens (tertiary/aromatic N) is 5. The number of imidazole rings is 1. The molecule has 0 aromatic carbocycles. The van der Waals surface area contributed by atoms with Gasteiger partial charge in [-0.3, -0.25) is 13.9 Å². The highest BCUT2D eigenvalue weighted by Gasteiger charge is 2.14. The third-order valence-electron chi connectivity index (χ3n) is 5.04. The molecule has 0 unspecified atom stereocenters. The van der Waals surface area contributed by atoms with E-state index in [1.54, 1.807) is 25.0 Å². The summed E-state index contributed by atoms with van der Waals surface area (Å²) in [5.74, 6) is 0. The fourth-order valence-electron chi connectivity index (χ4n) is 3.35. The second-order valence-electron chi connectivity index (χ2n) is 7.24. The minimum absolute atomic E-state index is 0.255. The van der Waals surface area contributed by atoms with Gasteiger partial charge in [-0.25, -0.2) is 9.78 Å². The maximum atomic E-state index is 12.6. The number of unbranched alkanes of at least 4 members (excludes halogenated alkanes) is 7. The fourth-order valence-corrected chi connectivity index (χ4v) is 3.35. The Hall–Kier alpha value is -2.38. The zero-order chi connectivity index (χ0) is 19.8. The van der Waals surface area contributed by atoms with E-state index in [4.69, 9.17) is 5.21 Å². The SMILES string of the molecule is C/C(CCCCCCCCCCn1c(=O)c2c(ncn2C)n(C)c1=O)=N\O. The van der Waals surface area contributed by atoms with Crippen molar-refractivity contribution in [1.82, 2.24) is 18.7 Å². The van der Waals surface area contributed by atoms with Gasteiger partial charge in [-0.05, 0) is 26.2 Å². The van der Waals surface area contributed by atoms with Crippen molar-refractivity contribution in [2.24, 2.45) is 19.3 Å².